The highest BCUT2D eigenvalue weighted by atomic mass is 16.5. The molecule has 0 saturated carbocycles. The van der Waals surface area contributed by atoms with Gasteiger partial charge in [-0.1, -0.05) is 0 Å². The highest BCUT2D eigenvalue weighted by Gasteiger charge is 2.23. The van der Waals surface area contributed by atoms with E-state index in [0.717, 1.165) is 43.6 Å². The molecule has 2 aliphatic rings. The summed E-state index contributed by atoms with van der Waals surface area (Å²) in [4.78, 5) is 11.1. The first-order valence-electron chi connectivity index (χ1n) is 6.88. The first-order valence-corrected chi connectivity index (χ1v) is 6.88. The van der Waals surface area contributed by atoms with E-state index in [4.69, 9.17) is 4.74 Å². The van der Waals surface area contributed by atoms with Gasteiger partial charge in [0.15, 0.2) is 5.82 Å². The highest BCUT2D eigenvalue weighted by molar-refractivity contribution is 5.55. The minimum Gasteiger partial charge on any atom is -0.378 e. The van der Waals surface area contributed by atoms with Gasteiger partial charge in [0.2, 0.25) is 5.95 Å². The number of morpholine rings is 1. The minimum absolute atomic E-state index is 0.531. The highest BCUT2D eigenvalue weighted by Crippen LogP contribution is 2.28. The van der Waals surface area contributed by atoms with E-state index in [-0.39, 0.29) is 0 Å². The molecule has 1 aliphatic carbocycles. The maximum Gasteiger partial charge on any atom is 0.256 e. The van der Waals surface area contributed by atoms with Crippen molar-refractivity contribution in [2.45, 2.75) is 19.3 Å². The van der Waals surface area contributed by atoms with Crippen molar-refractivity contribution in [3.63, 3.8) is 0 Å². The van der Waals surface area contributed by atoms with Crippen molar-refractivity contribution in [3.05, 3.63) is 11.3 Å². The van der Waals surface area contributed by atoms with Gasteiger partial charge in [-0.15, -0.1) is 5.10 Å². The molecule has 3 heterocycles. The summed E-state index contributed by atoms with van der Waals surface area (Å²) >= 11 is 0. The van der Waals surface area contributed by atoms with Gasteiger partial charge in [-0.25, -0.2) is 4.98 Å². The third-order valence-corrected chi connectivity index (χ3v) is 3.90. The van der Waals surface area contributed by atoms with Crippen LogP contribution in [0.5, 0.6) is 0 Å². The zero-order chi connectivity index (χ0) is 13.5. The molecule has 8 heteroatoms. The Morgan fingerprint density at radius 1 is 1.15 bits per heavy atom. The molecule has 106 valence electrons. The fourth-order valence-corrected chi connectivity index (χ4v) is 2.88. The van der Waals surface area contributed by atoms with Gasteiger partial charge in [-0.05, 0) is 19.3 Å². The zero-order valence-corrected chi connectivity index (χ0v) is 11.0. The fourth-order valence-electron chi connectivity index (χ4n) is 2.88. The van der Waals surface area contributed by atoms with Crippen LogP contribution < -0.4 is 10.4 Å². The molecule has 0 radical (unpaired) electrons. The van der Waals surface area contributed by atoms with Gasteiger partial charge < -0.3 is 9.64 Å². The third-order valence-electron chi connectivity index (χ3n) is 3.90. The number of ether oxygens (including phenoxy) is 1. The summed E-state index contributed by atoms with van der Waals surface area (Å²) in [7, 11) is 0. The maximum absolute atomic E-state index is 9.42. The lowest BCUT2D eigenvalue weighted by Crippen LogP contribution is -2.36. The van der Waals surface area contributed by atoms with E-state index in [0.29, 0.717) is 30.8 Å². The Morgan fingerprint density at radius 3 is 2.80 bits per heavy atom. The Labute approximate surface area is 115 Å². The van der Waals surface area contributed by atoms with Crippen molar-refractivity contribution in [2.24, 2.45) is 0 Å². The van der Waals surface area contributed by atoms with Crippen molar-refractivity contribution in [1.82, 2.24) is 19.6 Å². The first-order chi connectivity index (χ1) is 9.86. The molecular weight excluding hydrogens is 260 g/mol. The Morgan fingerprint density at radius 2 is 2.00 bits per heavy atom. The van der Waals surface area contributed by atoms with Gasteiger partial charge in [0.05, 0.1) is 18.9 Å². The molecule has 0 aromatic carbocycles. The van der Waals surface area contributed by atoms with Crippen LogP contribution in [0.2, 0.25) is 0 Å². The Balaban J connectivity index is 1.82. The molecule has 0 amide bonds. The average molecular weight is 276 g/mol. The van der Waals surface area contributed by atoms with Crippen molar-refractivity contribution >= 4 is 17.5 Å². The molecule has 1 saturated heterocycles. The lowest BCUT2D eigenvalue weighted by Gasteiger charge is -2.25. The second-order valence-electron chi connectivity index (χ2n) is 5.07. The molecule has 4 rings (SSSR count). The molecule has 2 N–H and O–H groups in total. The van der Waals surface area contributed by atoms with E-state index < -0.39 is 0 Å². The number of hydrogen-bond donors (Lipinski definition) is 2. The van der Waals surface area contributed by atoms with Gasteiger partial charge in [0.1, 0.15) is 0 Å². The summed E-state index contributed by atoms with van der Waals surface area (Å²) in [6, 6.07) is 0. The maximum atomic E-state index is 9.42. The SMILES string of the molecule is ONc1c2c(nc3nc(N4CCOCC4)nn13)CCC2. The van der Waals surface area contributed by atoms with Gasteiger partial charge in [0.25, 0.3) is 5.78 Å². The Kier molecular flexibility index (Phi) is 2.71. The lowest BCUT2D eigenvalue weighted by atomic mass is 10.2. The van der Waals surface area contributed by atoms with Crippen LogP contribution >= 0.6 is 0 Å². The number of nitrogens with one attached hydrogen (secondary N) is 1. The predicted molar refractivity (Wildman–Crippen MR) is 71.2 cm³/mol. The van der Waals surface area contributed by atoms with E-state index in [1.54, 1.807) is 4.52 Å². The monoisotopic (exact) mass is 276 g/mol. The quantitative estimate of drug-likeness (QED) is 0.760. The van der Waals surface area contributed by atoms with Crippen LogP contribution in [-0.4, -0.2) is 51.1 Å². The summed E-state index contributed by atoms with van der Waals surface area (Å²) < 4.78 is 6.93. The van der Waals surface area contributed by atoms with Gasteiger partial charge >= 0.3 is 0 Å². The number of anilines is 2. The van der Waals surface area contributed by atoms with Crippen molar-refractivity contribution < 1.29 is 9.94 Å². The van der Waals surface area contributed by atoms with Gasteiger partial charge in [0, 0.05) is 18.7 Å². The van der Waals surface area contributed by atoms with Crippen LogP contribution in [0.1, 0.15) is 17.7 Å². The average Bonchev–Trinajstić information content (AvgIpc) is 3.11. The summed E-state index contributed by atoms with van der Waals surface area (Å²) in [5, 5.41) is 13.9. The molecule has 1 fully saturated rings. The van der Waals surface area contributed by atoms with E-state index in [2.05, 4.69) is 25.4 Å². The Hall–Kier alpha value is -1.93. The van der Waals surface area contributed by atoms with Crippen molar-refractivity contribution in [2.75, 3.05) is 36.7 Å². The van der Waals surface area contributed by atoms with Crippen molar-refractivity contribution in [3.8, 4) is 0 Å². The summed E-state index contributed by atoms with van der Waals surface area (Å²) in [5.41, 5.74) is 4.31. The van der Waals surface area contributed by atoms with E-state index in [1.807, 2.05) is 0 Å². The van der Waals surface area contributed by atoms with Crippen LogP contribution in [0.25, 0.3) is 5.78 Å². The number of nitrogens with zero attached hydrogens (tertiary/aromatic N) is 5. The smallest absolute Gasteiger partial charge is 0.256 e. The Bertz CT molecular complexity index is 649. The summed E-state index contributed by atoms with van der Waals surface area (Å²) in [5.74, 6) is 1.76. The molecule has 0 bridgehead atoms. The zero-order valence-electron chi connectivity index (χ0n) is 11.0. The molecular formula is C12H16N6O2. The van der Waals surface area contributed by atoms with Crippen LogP contribution in [0.3, 0.4) is 0 Å². The standard InChI is InChI=1S/C12H16N6O2/c19-16-10-8-2-1-3-9(8)13-11-14-12(15-18(10)11)17-4-6-20-7-5-17/h16,19H,1-7H2. The van der Waals surface area contributed by atoms with Crippen LogP contribution in [0, 0.1) is 0 Å². The summed E-state index contributed by atoms with van der Waals surface area (Å²) in [6.07, 6.45) is 2.90. The fraction of sp³-hybridized carbons (Fsp3) is 0.583. The van der Waals surface area contributed by atoms with E-state index in [1.165, 1.54) is 0 Å². The second-order valence-corrected chi connectivity index (χ2v) is 5.07. The minimum atomic E-state index is 0.531. The molecule has 0 atom stereocenters. The van der Waals surface area contributed by atoms with Gasteiger partial charge in [-0.2, -0.15) is 9.50 Å². The van der Waals surface area contributed by atoms with Crippen LogP contribution in [0.4, 0.5) is 11.8 Å². The predicted octanol–water partition coefficient (Wildman–Crippen LogP) is 0.251. The normalized spacial score (nSPS) is 18.6. The molecule has 2 aromatic heterocycles. The number of hydrogen-bond acceptors (Lipinski definition) is 7. The molecule has 0 spiro atoms. The van der Waals surface area contributed by atoms with Crippen LogP contribution in [-0.2, 0) is 17.6 Å². The lowest BCUT2D eigenvalue weighted by molar-refractivity contribution is 0.122. The molecule has 8 nitrogen and oxygen atoms in total. The van der Waals surface area contributed by atoms with E-state index in [9.17, 15) is 5.21 Å². The van der Waals surface area contributed by atoms with Gasteiger partial charge in [-0.3, -0.25) is 10.7 Å². The van der Waals surface area contributed by atoms with E-state index >= 15 is 0 Å². The summed E-state index contributed by atoms with van der Waals surface area (Å²) in [6.45, 7) is 2.92. The molecule has 2 aromatic rings. The number of aromatic nitrogens is 4. The third kappa shape index (κ3) is 1.72. The first kappa shape index (κ1) is 11.9. The number of fused-ring (bicyclic) bond motifs is 2. The largest absolute Gasteiger partial charge is 0.378 e. The number of rotatable bonds is 2. The molecule has 0 unspecified atom stereocenters. The van der Waals surface area contributed by atoms with Crippen LogP contribution in [0.15, 0.2) is 0 Å². The molecule has 20 heavy (non-hydrogen) atoms. The molecule has 1 aliphatic heterocycles. The second kappa shape index (κ2) is 4.57. The number of aryl methyl sites for hydroxylation is 1. The van der Waals surface area contributed by atoms with Crippen molar-refractivity contribution in [1.29, 1.82) is 0 Å². The topological polar surface area (TPSA) is 87.8 Å².